The van der Waals surface area contributed by atoms with Crippen molar-refractivity contribution in [2.45, 2.75) is 13.3 Å². The van der Waals surface area contributed by atoms with Crippen LogP contribution >= 0.6 is 0 Å². The molecule has 110 valence electrons. The largest absolute Gasteiger partial charge is 0.352 e. The number of benzene rings is 1. The lowest BCUT2D eigenvalue weighted by atomic mass is 10.1. The number of rotatable bonds is 5. The molecule has 0 unspecified atom stereocenters. The third-order valence-corrected chi connectivity index (χ3v) is 3.08. The first-order valence-electron chi connectivity index (χ1n) is 6.61. The van der Waals surface area contributed by atoms with Crippen LogP contribution in [0.25, 0.3) is 5.57 Å². The van der Waals surface area contributed by atoms with Gasteiger partial charge in [0.25, 0.3) is 0 Å². The van der Waals surface area contributed by atoms with E-state index in [0.29, 0.717) is 24.1 Å². The fourth-order valence-corrected chi connectivity index (χ4v) is 1.90. The quantitative estimate of drug-likeness (QED) is 0.852. The lowest BCUT2D eigenvalue weighted by Crippen LogP contribution is -2.24. The standard InChI is InChI=1S/C15H17FN4O/c1-11(12-4-3-5-13(16)9-12)8-15(21)17-7-6-14-19-18-10-20(14)2/h3-5,8-10H,6-7H2,1-2H3,(H,17,21)/b11-8-. The van der Waals surface area contributed by atoms with Crippen LogP contribution in [-0.2, 0) is 18.3 Å². The van der Waals surface area contributed by atoms with Crippen molar-refractivity contribution in [2.75, 3.05) is 6.54 Å². The van der Waals surface area contributed by atoms with Gasteiger partial charge in [0.2, 0.25) is 5.91 Å². The summed E-state index contributed by atoms with van der Waals surface area (Å²) in [6, 6.07) is 6.16. The van der Waals surface area contributed by atoms with E-state index in [1.807, 2.05) is 7.05 Å². The lowest BCUT2D eigenvalue weighted by Gasteiger charge is -2.04. The Hall–Kier alpha value is -2.50. The minimum Gasteiger partial charge on any atom is -0.352 e. The van der Waals surface area contributed by atoms with Crippen LogP contribution in [0.4, 0.5) is 4.39 Å². The first kappa shape index (κ1) is 14.9. The predicted molar refractivity (Wildman–Crippen MR) is 77.8 cm³/mol. The average Bonchev–Trinajstić information content (AvgIpc) is 2.84. The highest BCUT2D eigenvalue weighted by Crippen LogP contribution is 2.14. The summed E-state index contributed by atoms with van der Waals surface area (Å²) in [6.45, 7) is 2.25. The highest BCUT2D eigenvalue weighted by atomic mass is 19.1. The van der Waals surface area contributed by atoms with Crippen molar-refractivity contribution in [1.82, 2.24) is 20.1 Å². The second-order valence-electron chi connectivity index (χ2n) is 4.74. The zero-order valence-electron chi connectivity index (χ0n) is 12.0. The molecular weight excluding hydrogens is 271 g/mol. The SMILES string of the molecule is C/C(=C/C(=O)NCCc1nncn1C)c1cccc(F)c1. The maximum Gasteiger partial charge on any atom is 0.244 e. The second-order valence-corrected chi connectivity index (χ2v) is 4.74. The predicted octanol–water partition coefficient (Wildman–Crippen LogP) is 1.72. The van der Waals surface area contributed by atoms with E-state index in [-0.39, 0.29) is 11.7 Å². The molecule has 0 saturated heterocycles. The number of halogens is 1. The van der Waals surface area contributed by atoms with Gasteiger partial charge in [-0.15, -0.1) is 10.2 Å². The highest BCUT2D eigenvalue weighted by Gasteiger charge is 2.03. The van der Waals surface area contributed by atoms with Gasteiger partial charge in [-0.1, -0.05) is 12.1 Å². The Kier molecular flexibility index (Phi) is 4.81. The van der Waals surface area contributed by atoms with Crippen molar-refractivity contribution in [2.24, 2.45) is 7.05 Å². The molecule has 6 heteroatoms. The van der Waals surface area contributed by atoms with Gasteiger partial charge in [-0.3, -0.25) is 4.79 Å². The van der Waals surface area contributed by atoms with Crippen molar-refractivity contribution in [1.29, 1.82) is 0 Å². The number of aromatic nitrogens is 3. The van der Waals surface area contributed by atoms with E-state index >= 15 is 0 Å². The van der Waals surface area contributed by atoms with Crippen LogP contribution in [-0.4, -0.2) is 27.2 Å². The minimum atomic E-state index is -0.317. The van der Waals surface area contributed by atoms with Gasteiger partial charge < -0.3 is 9.88 Å². The van der Waals surface area contributed by atoms with Crippen LogP contribution < -0.4 is 5.32 Å². The molecule has 0 atom stereocenters. The molecule has 1 aromatic carbocycles. The lowest BCUT2D eigenvalue weighted by molar-refractivity contribution is -0.116. The van der Waals surface area contributed by atoms with Crippen molar-refractivity contribution < 1.29 is 9.18 Å². The Morgan fingerprint density at radius 3 is 2.95 bits per heavy atom. The van der Waals surface area contributed by atoms with Gasteiger partial charge >= 0.3 is 0 Å². The van der Waals surface area contributed by atoms with Gasteiger partial charge in [-0.2, -0.15) is 0 Å². The number of amides is 1. The van der Waals surface area contributed by atoms with Crippen LogP contribution in [0.1, 0.15) is 18.3 Å². The van der Waals surface area contributed by atoms with E-state index in [0.717, 1.165) is 5.82 Å². The molecule has 0 saturated carbocycles. The monoisotopic (exact) mass is 288 g/mol. The van der Waals surface area contributed by atoms with E-state index in [9.17, 15) is 9.18 Å². The van der Waals surface area contributed by atoms with Crippen LogP contribution in [0.2, 0.25) is 0 Å². The van der Waals surface area contributed by atoms with Gasteiger partial charge in [0.15, 0.2) is 0 Å². The topological polar surface area (TPSA) is 59.8 Å². The molecule has 0 bridgehead atoms. The molecule has 2 aromatic rings. The van der Waals surface area contributed by atoms with E-state index < -0.39 is 0 Å². The average molecular weight is 288 g/mol. The Labute approximate surface area is 122 Å². The first-order valence-corrected chi connectivity index (χ1v) is 6.61. The number of hydrogen-bond acceptors (Lipinski definition) is 3. The summed E-state index contributed by atoms with van der Waals surface area (Å²) in [7, 11) is 1.85. The third kappa shape index (κ3) is 4.24. The normalized spacial score (nSPS) is 11.5. The molecule has 1 amide bonds. The number of nitrogens with zero attached hydrogens (tertiary/aromatic N) is 3. The van der Waals surface area contributed by atoms with Crippen molar-refractivity contribution >= 4 is 11.5 Å². The summed E-state index contributed by atoms with van der Waals surface area (Å²) >= 11 is 0. The summed E-state index contributed by atoms with van der Waals surface area (Å²) in [5.41, 5.74) is 1.41. The number of carbonyl (C=O) groups is 1. The van der Waals surface area contributed by atoms with E-state index in [1.54, 1.807) is 30.0 Å². The zero-order valence-corrected chi connectivity index (χ0v) is 12.0. The van der Waals surface area contributed by atoms with Crippen LogP contribution in [0.15, 0.2) is 36.7 Å². The van der Waals surface area contributed by atoms with Gasteiger partial charge in [0, 0.05) is 26.1 Å². The summed E-state index contributed by atoms with van der Waals surface area (Å²) in [6.07, 6.45) is 3.69. The molecule has 0 fully saturated rings. The fourth-order valence-electron chi connectivity index (χ4n) is 1.90. The van der Waals surface area contributed by atoms with Crippen LogP contribution in [0.5, 0.6) is 0 Å². The molecule has 21 heavy (non-hydrogen) atoms. The van der Waals surface area contributed by atoms with E-state index in [4.69, 9.17) is 0 Å². The van der Waals surface area contributed by atoms with E-state index in [1.165, 1.54) is 18.2 Å². The molecule has 5 nitrogen and oxygen atoms in total. The Bertz CT molecular complexity index is 663. The molecule has 0 radical (unpaired) electrons. The highest BCUT2D eigenvalue weighted by molar-refractivity contribution is 5.94. The fraction of sp³-hybridized carbons (Fsp3) is 0.267. The third-order valence-electron chi connectivity index (χ3n) is 3.08. The van der Waals surface area contributed by atoms with Crippen molar-refractivity contribution in [3.05, 3.63) is 53.9 Å². The second kappa shape index (κ2) is 6.78. The molecule has 0 aliphatic heterocycles. The summed E-state index contributed by atoms with van der Waals surface area (Å²) < 4.78 is 14.9. The summed E-state index contributed by atoms with van der Waals surface area (Å²) in [5.74, 6) is 0.281. The first-order chi connectivity index (χ1) is 10.1. The Morgan fingerprint density at radius 2 is 2.29 bits per heavy atom. The Balaban J connectivity index is 1.89. The smallest absolute Gasteiger partial charge is 0.244 e. The van der Waals surface area contributed by atoms with Crippen LogP contribution in [0.3, 0.4) is 0 Å². The maximum absolute atomic E-state index is 13.1. The molecule has 1 aromatic heterocycles. The summed E-state index contributed by atoms with van der Waals surface area (Å²) in [4.78, 5) is 11.8. The Morgan fingerprint density at radius 1 is 1.48 bits per heavy atom. The van der Waals surface area contributed by atoms with Gasteiger partial charge in [0.05, 0.1) is 0 Å². The maximum atomic E-state index is 13.1. The van der Waals surface area contributed by atoms with Crippen LogP contribution in [0, 0.1) is 5.82 Å². The number of carbonyl (C=O) groups excluding carboxylic acids is 1. The number of hydrogen-bond donors (Lipinski definition) is 1. The number of nitrogens with one attached hydrogen (secondary N) is 1. The molecule has 0 aliphatic carbocycles. The molecule has 1 N–H and O–H groups in total. The molecule has 2 rings (SSSR count). The van der Waals surface area contributed by atoms with Crippen molar-refractivity contribution in [3.8, 4) is 0 Å². The van der Waals surface area contributed by atoms with Crippen molar-refractivity contribution in [3.63, 3.8) is 0 Å². The molecule has 0 spiro atoms. The van der Waals surface area contributed by atoms with Gasteiger partial charge in [-0.25, -0.2) is 4.39 Å². The zero-order chi connectivity index (χ0) is 15.2. The molecule has 1 heterocycles. The molecular formula is C15H17FN4O. The van der Waals surface area contributed by atoms with E-state index in [2.05, 4.69) is 15.5 Å². The minimum absolute atomic E-state index is 0.209. The van der Waals surface area contributed by atoms with Gasteiger partial charge in [-0.05, 0) is 30.2 Å². The number of allylic oxidation sites excluding steroid dienone is 1. The summed E-state index contributed by atoms with van der Waals surface area (Å²) in [5, 5.41) is 10.5. The van der Waals surface area contributed by atoms with Gasteiger partial charge in [0.1, 0.15) is 18.0 Å². The number of aryl methyl sites for hydroxylation is 1. The molecule has 0 aliphatic rings.